The molecule has 2 aromatic carbocycles. The molecule has 21 heavy (non-hydrogen) atoms. The molecule has 2 rings (SSSR count). The molecule has 0 radical (unpaired) electrons. The highest BCUT2D eigenvalue weighted by Gasteiger charge is 2.12. The van der Waals surface area contributed by atoms with E-state index in [1.807, 2.05) is 0 Å². The molecule has 2 aromatic rings. The van der Waals surface area contributed by atoms with Crippen LogP contribution >= 0.6 is 0 Å². The summed E-state index contributed by atoms with van der Waals surface area (Å²) in [7, 11) is 2.93. The van der Waals surface area contributed by atoms with Crippen molar-refractivity contribution in [1.82, 2.24) is 0 Å². The first-order valence-electron chi connectivity index (χ1n) is 6.13. The third-order valence-electron chi connectivity index (χ3n) is 2.85. The number of methoxy groups -OCH3 is 2. The smallest absolute Gasteiger partial charge is 0.255 e. The number of ether oxygens (including phenoxy) is 2. The largest absolute Gasteiger partial charge is 0.497 e. The number of carbonyl (C=O) groups is 1. The molecule has 0 unspecified atom stereocenters. The maximum absolute atomic E-state index is 13.7. The summed E-state index contributed by atoms with van der Waals surface area (Å²) in [5.74, 6) is -0.157. The van der Waals surface area contributed by atoms with Crippen molar-refractivity contribution in [3.8, 4) is 11.5 Å². The maximum atomic E-state index is 13.7. The van der Waals surface area contributed by atoms with Crippen molar-refractivity contribution >= 4 is 17.3 Å². The quantitative estimate of drug-likeness (QED) is 0.849. The highest BCUT2D eigenvalue weighted by atomic mass is 19.1. The van der Waals surface area contributed by atoms with E-state index in [9.17, 15) is 9.18 Å². The predicted molar refractivity (Wildman–Crippen MR) is 78.3 cm³/mol. The fourth-order valence-corrected chi connectivity index (χ4v) is 1.79. The number of benzene rings is 2. The van der Waals surface area contributed by atoms with Crippen LogP contribution in [0, 0.1) is 5.82 Å². The van der Waals surface area contributed by atoms with Crippen LogP contribution in [0.4, 0.5) is 15.8 Å². The fourth-order valence-electron chi connectivity index (χ4n) is 1.79. The minimum Gasteiger partial charge on any atom is -0.497 e. The minimum absolute atomic E-state index is 0.0285. The average Bonchev–Trinajstić information content (AvgIpc) is 2.48. The summed E-state index contributed by atoms with van der Waals surface area (Å²) in [5, 5.41) is 2.47. The third kappa shape index (κ3) is 3.42. The lowest BCUT2D eigenvalue weighted by atomic mass is 10.1. The van der Waals surface area contributed by atoms with Gasteiger partial charge >= 0.3 is 0 Å². The summed E-state index contributed by atoms with van der Waals surface area (Å²) in [6.07, 6.45) is 0. The normalized spacial score (nSPS) is 10.0. The van der Waals surface area contributed by atoms with E-state index in [4.69, 9.17) is 15.2 Å². The predicted octanol–water partition coefficient (Wildman–Crippen LogP) is 2.68. The van der Waals surface area contributed by atoms with E-state index in [1.54, 1.807) is 6.07 Å². The van der Waals surface area contributed by atoms with Crippen molar-refractivity contribution in [3.63, 3.8) is 0 Å². The number of hydrogen-bond donors (Lipinski definition) is 2. The van der Waals surface area contributed by atoms with E-state index >= 15 is 0 Å². The van der Waals surface area contributed by atoms with Gasteiger partial charge in [-0.1, -0.05) is 0 Å². The Kier molecular flexibility index (Phi) is 4.27. The van der Waals surface area contributed by atoms with Gasteiger partial charge in [-0.25, -0.2) is 4.39 Å². The Morgan fingerprint density at radius 3 is 2.48 bits per heavy atom. The van der Waals surface area contributed by atoms with Gasteiger partial charge in [0.15, 0.2) is 0 Å². The molecule has 0 atom stereocenters. The number of hydrogen-bond acceptors (Lipinski definition) is 4. The zero-order chi connectivity index (χ0) is 15.4. The molecule has 1 amide bonds. The van der Waals surface area contributed by atoms with Gasteiger partial charge in [-0.2, -0.15) is 0 Å². The van der Waals surface area contributed by atoms with E-state index < -0.39 is 11.7 Å². The Labute approximate surface area is 121 Å². The summed E-state index contributed by atoms with van der Waals surface area (Å²) in [6.45, 7) is 0. The number of carbonyl (C=O) groups excluding carboxylic acids is 1. The second-order valence-electron chi connectivity index (χ2n) is 4.29. The molecule has 0 spiro atoms. The molecular formula is C15H15FN2O3. The summed E-state index contributed by atoms with van der Waals surface area (Å²) >= 11 is 0. The molecule has 0 bridgehead atoms. The average molecular weight is 290 g/mol. The first-order chi connectivity index (χ1) is 10.0. The van der Waals surface area contributed by atoms with E-state index in [0.717, 1.165) is 0 Å². The summed E-state index contributed by atoms with van der Waals surface area (Å²) in [4.78, 5) is 12.2. The molecule has 110 valence electrons. The number of nitrogen functional groups attached to an aromatic ring is 1. The highest BCUT2D eigenvalue weighted by molar-refractivity contribution is 6.05. The molecule has 0 saturated carbocycles. The van der Waals surface area contributed by atoms with Crippen LogP contribution in [-0.2, 0) is 0 Å². The summed E-state index contributed by atoms with van der Waals surface area (Å²) < 4.78 is 23.7. The van der Waals surface area contributed by atoms with Crippen LogP contribution < -0.4 is 20.5 Å². The Morgan fingerprint density at radius 2 is 1.81 bits per heavy atom. The van der Waals surface area contributed by atoms with Gasteiger partial charge in [-0.3, -0.25) is 4.79 Å². The second kappa shape index (κ2) is 6.13. The first kappa shape index (κ1) is 14.6. The van der Waals surface area contributed by atoms with Gasteiger partial charge in [0.2, 0.25) is 0 Å². The van der Waals surface area contributed by atoms with Gasteiger partial charge < -0.3 is 20.5 Å². The number of halogens is 1. The van der Waals surface area contributed by atoms with E-state index in [0.29, 0.717) is 17.2 Å². The van der Waals surface area contributed by atoms with Gasteiger partial charge in [-0.05, 0) is 24.3 Å². The second-order valence-corrected chi connectivity index (χ2v) is 4.29. The van der Waals surface area contributed by atoms with Crippen molar-refractivity contribution in [2.45, 2.75) is 0 Å². The Hall–Kier alpha value is -2.76. The zero-order valence-electron chi connectivity index (χ0n) is 11.6. The van der Waals surface area contributed by atoms with Crippen LogP contribution in [0.5, 0.6) is 11.5 Å². The first-order valence-corrected chi connectivity index (χ1v) is 6.13. The number of nitrogens with two attached hydrogens (primary N) is 1. The van der Waals surface area contributed by atoms with Gasteiger partial charge in [0, 0.05) is 23.4 Å². The van der Waals surface area contributed by atoms with Crippen molar-refractivity contribution in [2.75, 3.05) is 25.3 Å². The lowest BCUT2D eigenvalue weighted by molar-refractivity contribution is 0.102. The minimum atomic E-state index is -0.556. The Morgan fingerprint density at radius 1 is 1.10 bits per heavy atom. The van der Waals surface area contributed by atoms with Gasteiger partial charge in [0.25, 0.3) is 5.91 Å². The molecule has 0 heterocycles. The van der Waals surface area contributed by atoms with Crippen LogP contribution in [0.15, 0.2) is 36.4 Å². The number of amides is 1. The standard InChI is InChI=1S/C15H15FN2O3/c1-20-11-3-4-13(16)14(8-11)18-15(19)9-5-10(17)7-12(6-9)21-2/h3-8H,17H2,1-2H3,(H,18,19). The van der Waals surface area contributed by atoms with Crippen molar-refractivity contribution < 1.29 is 18.7 Å². The SMILES string of the molecule is COc1cc(N)cc(C(=O)Nc2cc(OC)ccc2F)c1. The van der Waals surface area contributed by atoms with E-state index in [1.165, 1.54) is 44.6 Å². The van der Waals surface area contributed by atoms with Gasteiger partial charge in [0.1, 0.15) is 17.3 Å². The summed E-state index contributed by atoms with van der Waals surface area (Å²) in [6, 6.07) is 8.67. The van der Waals surface area contributed by atoms with E-state index in [-0.39, 0.29) is 11.3 Å². The summed E-state index contributed by atoms with van der Waals surface area (Å²) in [5.41, 5.74) is 6.37. The number of anilines is 2. The van der Waals surface area contributed by atoms with E-state index in [2.05, 4.69) is 5.32 Å². The lowest BCUT2D eigenvalue weighted by Crippen LogP contribution is -2.13. The van der Waals surface area contributed by atoms with Crippen molar-refractivity contribution in [3.05, 3.63) is 47.8 Å². The van der Waals surface area contributed by atoms with Crippen LogP contribution in [0.25, 0.3) is 0 Å². The molecule has 0 saturated heterocycles. The Balaban J connectivity index is 2.27. The zero-order valence-corrected chi connectivity index (χ0v) is 11.6. The fraction of sp³-hybridized carbons (Fsp3) is 0.133. The van der Waals surface area contributed by atoms with Crippen LogP contribution in [0.2, 0.25) is 0 Å². The molecule has 6 heteroatoms. The molecule has 5 nitrogen and oxygen atoms in total. The molecule has 0 aliphatic heterocycles. The van der Waals surface area contributed by atoms with Crippen molar-refractivity contribution in [1.29, 1.82) is 0 Å². The Bertz CT molecular complexity index is 674. The number of nitrogens with one attached hydrogen (secondary N) is 1. The molecule has 0 aliphatic carbocycles. The van der Waals surface area contributed by atoms with Crippen LogP contribution in [-0.4, -0.2) is 20.1 Å². The van der Waals surface area contributed by atoms with Crippen LogP contribution in [0.1, 0.15) is 10.4 Å². The molecule has 0 aliphatic rings. The van der Waals surface area contributed by atoms with Crippen molar-refractivity contribution in [2.24, 2.45) is 0 Å². The number of rotatable bonds is 4. The topological polar surface area (TPSA) is 73.6 Å². The lowest BCUT2D eigenvalue weighted by Gasteiger charge is -2.10. The molecular weight excluding hydrogens is 275 g/mol. The third-order valence-corrected chi connectivity index (χ3v) is 2.85. The molecule has 3 N–H and O–H groups in total. The highest BCUT2D eigenvalue weighted by Crippen LogP contribution is 2.23. The van der Waals surface area contributed by atoms with Gasteiger partial charge in [-0.15, -0.1) is 0 Å². The maximum Gasteiger partial charge on any atom is 0.255 e. The molecule has 0 aromatic heterocycles. The van der Waals surface area contributed by atoms with Gasteiger partial charge in [0.05, 0.1) is 19.9 Å². The van der Waals surface area contributed by atoms with Crippen LogP contribution in [0.3, 0.4) is 0 Å². The monoisotopic (exact) mass is 290 g/mol. The molecule has 0 fully saturated rings.